The predicted octanol–water partition coefficient (Wildman–Crippen LogP) is 3.04. The van der Waals surface area contributed by atoms with Crippen LogP contribution in [0.3, 0.4) is 0 Å². The minimum absolute atomic E-state index is 0.0251. The fourth-order valence-corrected chi connectivity index (χ4v) is 1.43. The van der Waals surface area contributed by atoms with Crippen LogP contribution < -0.4 is 0 Å². The number of nitrogens with zero attached hydrogens (tertiary/aromatic N) is 1. The molecule has 0 N–H and O–H groups in total. The molecule has 0 amide bonds. The van der Waals surface area contributed by atoms with Crippen LogP contribution >= 0.6 is 0 Å². The topological polar surface area (TPSA) is 69.4 Å². The second-order valence-electron chi connectivity index (χ2n) is 5.11. The Bertz CT molecular complexity index is 462. The van der Waals surface area contributed by atoms with E-state index in [2.05, 4.69) is 0 Å². The number of non-ortho nitro benzene ring substituents is 1. The molecule has 1 rings (SSSR count). The van der Waals surface area contributed by atoms with Crippen LogP contribution in [-0.4, -0.2) is 16.5 Å². The largest absolute Gasteiger partial charge is 0.460 e. The summed E-state index contributed by atoms with van der Waals surface area (Å²) in [6.45, 7) is 7.02. The Morgan fingerprint density at radius 1 is 1.39 bits per heavy atom. The van der Waals surface area contributed by atoms with E-state index in [4.69, 9.17) is 4.74 Å². The molecule has 1 aromatic carbocycles. The molecule has 0 heterocycles. The number of benzene rings is 1. The second kappa shape index (κ2) is 5.16. The first-order chi connectivity index (χ1) is 8.20. The zero-order chi connectivity index (χ0) is 13.9. The Kier molecular flexibility index (Phi) is 4.06. The molecule has 1 unspecified atom stereocenters. The first-order valence-corrected chi connectivity index (χ1v) is 5.68. The van der Waals surface area contributed by atoms with Gasteiger partial charge in [0.25, 0.3) is 5.69 Å². The summed E-state index contributed by atoms with van der Waals surface area (Å²) >= 11 is 0. The standard InChI is InChI=1S/C13H17NO4/c1-9(12(15)18-13(2,3)4)10-6-5-7-11(8-10)14(16)17/h5-9H,1-4H3. The zero-order valence-electron chi connectivity index (χ0n) is 11.0. The molecule has 1 aromatic rings. The number of hydrogen-bond acceptors (Lipinski definition) is 4. The summed E-state index contributed by atoms with van der Waals surface area (Å²) in [7, 11) is 0. The SMILES string of the molecule is CC(C(=O)OC(C)(C)C)c1cccc([N+](=O)[O-])c1. The third kappa shape index (κ3) is 3.84. The Labute approximate surface area is 106 Å². The van der Waals surface area contributed by atoms with Gasteiger partial charge in [0.15, 0.2) is 0 Å². The minimum atomic E-state index is -0.563. The van der Waals surface area contributed by atoms with E-state index in [-0.39, 0.29) is 11.7 Å². The van der Waals surface area contributed by atoms with Crippen LogP contribution in [0.1, 0.15) is 39.2 Å². The van der Waals surface area contributed by atoms with Gasteiger partial charge in [-0.05, 0) is 33.3 Å². The lowest BCUT2D eigenvalue weighted by Gasteiger charge is -2.22. The maximum Gasteiger partial charge on any atom is 0.313 e. The smallest absolute Gasteiger partial charge is 0.313 e. The molecule has 0 spiro atoms. The van der Waals surface area contributed by atoms with Crippen LogP contribution in [0.2, 0.25) is 0 Å². The molecule has 0 bridgehead atoms. The van der Waals surface area contributed by atoms with Crippen LogP contribution in [0.4, 0.5) is 5.69 Å². The van der Waals surface area contributed by atoms with Gasteiger partial charge in [-0.25, -0.2) is 0 Å². The van der Waals surface area contributed by atoms with Crippen molar-refractivity contribution in [3.05, 3.63) is 39.9 Å². The summed E-state index contributed by atoms with van der Waals surface area (Å²) in [5.41, 5.74) is -0.00662. The van der Waals surface area contributed by atoms with Crippen LogP contribution in [0.25, 0.3) is 0 Å². The number of carbonyl (C=O) groups excluding carboxylic acids is 1. The van der Waals surface area contributed by atoms with Crippen LogP contribution in [0.5, 0.6) is 0 Å². The van der Waals surface area contributed by atoms with Crippen molar-refractivity contribution >= 4 is 11.7 Å². The summed E-state index contributed by atoms with van der Waals surface area (Å²) in [6.07, 6.45) is 0. The Hall–Kier alpha value is -1.91. The van der Waals surface area contributed by atoms with Gasteiger partial charge in [-0.1, -0.05) is 12.1 Å². The van der Waals surface area contributed by atoms with Crippen LogP contribution in [0.15, 0.2) is 24.3 Å². The number of carbonyl (C=O) groups is 1. The number of nitro benzene ring substituents is 1. The highest BCUT2D eigenvalue weighted by Crippen LogP contribution is 2.23. The molecule has 0 aliphatic carbocycles. The normalized spacial score (nSPS) is 12.9. The van der Waals surface area contributed by atoms with Gasteiger partial charge >= 0.3 is 5.97 Å². The zero-order valence-corrected chi connectivity index (χ0v) is 11.0. The van der Waals surface area contributed by atoms with Crippen molar-refractivity contribution in [2.45, 2.75) is 39.2 Å². The molecule has 0 saturated carbocycles. The van der Waals surface area contributed by atoms with Crippen molar-refractivity contribution < 1.29 is 14.5 Å². The van der Waals surface area contributed by atoms with Crippen molar-refractivity contribution in [3.8, 4) is 0 Å². The van der Waals surface area contributed by atoms with Gasteiger partial charge in [-0.3, -0.25) is 14.9 Å². The lowest BCUT2D eigenvalue weighted by Crippen LogP contribution is -2.26. The number of rotatable bonds is 3. The average molecular weight is 251 g/mol. The third-order valence-electron chi connectivity index (χ3n) is 2.34. The fraction of sp³-hybridized carbons (Fsp3) is 0.462. The Balaban J connectivity index is 2.90. The highest BCUT2D eigenvalue weighted by atomic mass is 16.6. The summed E-state index contributed by atoms with van der Waals surface area (Å²) in [5.74, 6) is -0.910. The van der Waals surface area contributed by atoms with E-state index in [0.717, 1.165) is 0 Å². The van der Waals surface area contributed by atoms with Crippen molar-refractivity contribution in [1.82, 2.24) is 0 Å². The number of esters is 1. The van der Waals surface area contributed by atoms with Gasteiger partial charge in [0.05, 0.1) is 10.8 Å². The van der Waals surface area contributed by atoms with E-state index in [9.17, 15) is 14.9 Å². The van der Waals surface area contributed by atoms with Gasteiger partial charge in [-0.2, -0.15) is 0 Å². The maximum absolute atomic E-state index is 11.8. The third-order valence-corrected chi connectivity index (χ3v) is 2.34. The Morgan fingerprint density at radius 2 is 2.00 bits per heavy atom. The van der Waals surface area contributed by atoms with Crippen molar-refractivity contribution in [2.75, 3.05) is 0 Å². The van der Waals surface area contributed by atoms with Gasteiger partial charge in [0.1, 0.15) is 5.60 Å². The van der Waals surface area contributed by atoms with E-state index in [1.54, 1.807) is 39.8 Å². The van der Waals surface area contributed by atoms with Gasteiger partial charge in [0, 0.05) is 12.1 Å². The van der Waals surface area contributed by atoms with E-state index in [1.807, 2.05) is 0 Å². The number of nitro groups is 1. The Morgan fingerprint density at radius 3 is 2.50 bits per heavy atom. The molecule has 1 atom stereocenters. The number of hydrogen-bond donors (Lipinski definition) is 0. The lowest BCUT2D eigenvalue weighted by atomic mass is 10.0. The van der Waals surface area contributed by atoms with E-state index in [0.29, 0.717) is 5.56 Å². The van der Waals surface area contributed by atoms with E-state index >= 15 is 0 Å². The second-order valence-corrected chi connectivity index (χ2v) is 5.11. The molecular formula is C13H17NO4. The molecule has 0 aliphatic heterocycles. The molecule has 0 aromatic heterocycles. The molecule has 5 nitrogen and oxygen atoms in total. The fourth-order valence-electron chi connectivity index (χ4n) is 1.43. The van der Waals surface area contributed by atoms with Crippen LogP contribution in [0, 0.1) is 10.1 Å². The summed E-state index contributed by atoms with van der Waals surface area (Å²) in [6, 6.07) is 6.04. The molecule has 0 aliphatic rings. The van der Waals surface area contributed by atoms with Gasteiger partial charge in [0.2, 0.25) is 0 Å². The molecule has 0 fully saturated rings. The molecule has 18 heavy (non-hydrogen) atoms. The molecular weight excluding hydrogens is 234 g/mol. The quantitative estimate of drug-likeness (QED) is 0.470. The average Bonchev–Trinajstić information content (AvgIpc) is 2.26. The number of ether oxygens (including phenoxy) is 1. The van der Waals surface area contributed by atoms with Crippen molar-refractivity contribution in [1.29, 1.82) is 0 Å². The van der Waals surface area contributed by atoms with Gasteiger partial charge < -0.3 is 4.74 Å². The maximum atomic E-state index is 11.8. The summed E-state index contributed by atoms with van der Waals surface area (Å²) in [5, 5.41) is 10.7. The minimum Gasteiger partial charge on any atom is -0.460 e. The molecule has 5 heteroatoms. The monoisotopic (exact) mass is 251 g/mol. The lowest BCUT2D eigenvalue weighted by molar-refractivity contribution is -0.384. The molecule has 0 saturated heterocycles. The predicted molar refractivity (Wildman–Crippen MR) is 67.4 cm³/mol. The van der Waals surface area contributed by atoms with E-state index < -0.39 is 16.4 Å². The first kappa shape index (κ1) is 14.2. The van der Waals surface area contributed by atoms with Crippen molar-refractivity contribution in [2.24, 2.45) is 0 Å². The van der Waals surface area contributed by atoms with Crippen LogP contribution in [-0.2, 0) is 9.53 Å². The highest BCUT2D eigenvalue weighted by molar-refractivity contribution is 5.78. The summed E-state index contributed by atoms with van der Waals surface area (Å²) in [4.78, 5) is 22.0. The highest BCUT2D eigenvalue weighted by Gasteiger charge is 2.23. The van der Waals surface area contributed by atoms with Gasteiger partial charge in [-0.15, -0.1) is 0 Å². The molecule has 0 radical (unpaired) electrons. The van der Waals surface area contributed by atoms with E-state index in [1.165, 1.54) is 12.1 Å². The summed E-state index contributed by atoms with van der Waals surface area (Å²) < 4.78 is 5.25. The van der Waals surface area contributed by atoms with Crippen molar-refractivity contribution in [3.63, 3.8) is 0 Å². The first-order valence-electron chi connectivity index (χ1n) is 5.68. The molecule has 98 valence electrons.